The molecular weight excluding hydrogens is 462 g/mol. The van der Waals surface area contributed by atoms with Crippen molar-refractivity contribution in [2.75, 3.05) is 0 Å². The van der Waals surface area contributed by atoms with E-state index >= 15 is 0 Å². The maximum atomic E-state index is 12.8. The van der Waals surface area contributed by atoms with Crippen LogP contribution < -0.4 is 10.6 Å². The zero-order valence-corrected chi connectivity index (χ0v) is 20.1. The van der Waals surface area contributed by atoms with Gasteiger partial charge in [0.05, 0.1) is 6.10 Å². The van der Waals surface area contributed by atoms with Crippen molar-refractivity contribution in [3.8, 4) is 0 Å². The standard InChI is InChI=1S/C22H21N3O5.C5H10O/c26-19-9-8-18(20(27)24-19)25-12-16-7-6-15(10-17(16)21(25)28)11-23-22(29)30-13-14-4-2-1-3-5-14;6-5-3-1-2-4-5/h1-7,10,18H,8-9,11-13H2,(H,23,29)(H,24,26,27);5-6H,1-4H2. The number of fused-ring (bicyclic) bond motifs is 1. The smallest absolute Gasteiger partial charge is 0.407 e. The first kappa shape index (κ1) is 25.4. The molecule has 5 rings (SSSR count). The van der Waals surface area contributed by atoms with E-state index in [4.69, 9.17) is 9.84 Å². The molecule has 1 aliphatic carbocycles. The van der Waals surface area contributed by atoms with Crippen molar-refractivity contribution in [2.24, 2.45) is 0 Å². The fraction of sp³-hybridized carbons (Fsp3) is 0.407. The molecule has 0 bridgehead atoms. The summed E-state index contributed by atoms with van der Waals surface area (Å²) in [6.07, 6.45) is 4.60. The molecule has 1 saturated heterocycles. The van der Waals surface area contributed by atoms with Crippen molar-refractivity contribution in [1.82, 2.24) is 15.5 Å². The summed E-state index contributed by atoms with van der Waals surface area (Å²) in [5.41, 5.74) is 2.98. The summed E-state index contributed by atoms with van der Waals surface area (Å²) in [6, 6.07) is 14.1. The van der Waals surface area contributed by atoms with E-state index in [0.717, 1.165) is 29.5 Å². The molecule has 3 aliphatic rings. The van der Waals surface area contributed by atoms with Crippen LogP contribution in [0.4, 0.5) is 4.79 Å². The number of imide groups is 1. The Morgan fingerprint density at radius 1 is 1.03 bits per heavy atom. The Hall–Kier alpha value is -3.72. The maximum absolute atomic E-state index is 12.8. The first-order chi connectivity index (χ1) is 17.4. The summed E-state index contributed by atoms with van der Waals surface area (Å²) in [4.78, 5) is 49.7. The molecule has 0 spiro atoms. The Balaban J connectivity index is 0.000000445. The largest absolute Gasteiger partial charge is 0.445 e. The minimum atomic E-state index is -0.642. The lowest BCUT2D eigenvalue weighted by molar-refractivity contribution is -0.136. The van der Waals surface area contributed by atoms with Gasteiger partial charge in [-0.3, -0.25) is 19.7 Å². The molecule has 0 aromatic heterocycles. The predicted octanol–water partition coefficient (Wildman–Crippen LogP) is 2.80. The van der Waals surface area contributed by atoms with Gasteiger partial charge >= 0.3 is 6.09 Å². The molecule has 9 heteroatoms. The van der Waals surface area contributed by atoms with Crippen LogP contribution in [0.1, 0.15) is 65.6 Å². The summed E-state index contributed by atoms with van der Waals surface area (Å²) >= 11 is 0. The van der Waals surface area contributed by atoms with Gasteiger partial charge in [-0.2, -0.15) is 0 Å². The Morgan fingerprint density at radius 2 is 1.78 bits per heavy atom. The third kappa shape index (κ3) is 6.48. The molecule has 2 fully saturated rings. The number of aliphatic hydroxyl groups is 1. The lowest BCUT2D eigenvalue weighted by atomic mass is 10.0. The molecule has 1 atom stereocenters. The van der Waals surface area contributed by atoms with E-state index in [2.05, 4.69) is 10.6 Å². The SMILES string of the molecule is O=C1CCC(N2Cc3ccc(CNC(=O)OCc4ccccc4)cc3C2=O)C(=O)N1.OC1CCCC1. The van der Waals surface area contributed by atoms with Crippen molar-refractivity contribution >= 4 is 23.8 Å². The van der Waals surface area contributed by atoms with Crippen LogP contribution in [0.15, 0.2) is 48.5 Å². The minimum Gasteiger partial charge on any atom is -0.445 e. The van der Waals surface area contributed by atoms with E-state index < -0.39 is 18.0 Å². The van der Waals surface area contributed by atoms with Crippen LogP contribution in [0.2, 0.25) is 0 Å². The number of hydrogen-bond acceptors (Lipinski definition) is 6. The summed E-state index contributed by atoms with van der Waals surface area (Å²) < 4.78 is 5.18. The van der Waals surface area contributed by atoms with Crippen LogP contribution in [0, 0.1) is 0 Å². The number of amides is 4. The van der Waals surface area contributed by atoms with E-state index in [0.29, 0.717) is 18.5 Å². The highest BCUT2D eigenvalue weighted by molar-refractivity contribution is 6.05. The Labute approximate surface area is 209 Å². The van der Waals surface area contributed by atoms with Gasteiger partial charge in [0.15, 0.2) is 0 Å². The monoisotopic (exact) mass is 493 g/mol. The number of hydrogen-bond donors (Lipinski definition) is 3. The number of nitrogens with zero attached hydrogens (tertiary/aromatic N) is 1. The fourth-order valence-corrected chi connectivity index (χ4v) is 4.56. The lowest BCUT2D eigenvalue weighted by Gasteiger charge is -2.29. The third-order valence-electron chi connectivity index (χ3n) is 6.57. The van der Waals surface area contributed by atoms with Gasteiger partial charge in [0, 0.05) is 25.1 Å². The van der Waals surface area contributed by atoms with Crippen LogP contribution in [0.3, 0.4) is 0 Å². The number of rotatable bonds is 5. The van der Waals surface area contributed by atoms with Gasteiger partial charge in [-0.25, -0.2) is 4.79 Å². The molecule has 190 valence electrons. The average Bonchev–Trinajstić information content (AvgIpc) is 3.49. The van der Waals surface area contributed by atoms with Crippen molar-refractivity contribution in [1.29, 1.82) is 0 Å². The molecule has 2 aromatic carbocycles. The molecule has 2 aliphatic heterocycles. The summed E-state index contributed by atoms with van der Waals surface area (Å²) in [7, 11) is 0. The topological polar surface area (TPSA) is 125 Å². The van der Waals surface area contributed by atoms with Gasteiger partial charge in [-0.05, 0) is 42.0 Å². The second-order valence-electron chi connectivity index (χ2n) is 9.25. The van der Waals surface area contributed by atoms with Gasteiger partial charge in [0.1, 0.15) is 12.6 Å². The number of alkyl carbamates (subject to hydrolysis) is 1. The van der Waals surface area contributed by atoms with E-state index in [1.165, 1.54) is 17.7 Å². The molecule has 36 heavy (non-hydrogen) atoms. The number of benzene rings is 2. The van der Waals surface area contributed by atoms with E-state index in [9.17, 15) is 19.2 Å². The van der Waals surface area contributed by atoms with E-state index in [1.807, 2.05) is 42.5 Å². The Morgan fingerprint density at radius 3 is 2.44 bits per heavy atom. The maximum Gasteiger partial charge on any atom is 0.407 e. The van der Waals surface area contributed by atoms with Crippen LogP contribution in [-0.4, -0.2) is 46.0 Å². The number of aliphatic hydroxyl groups excluding tert-OH is 1. The number of carbonyl (C=O) groups excluding carboxylic acids is 4. The van der Waals surface area contributed by atoms with Crippen LogP contribution >= 0.6 is 0 Å². The van der Waals surface area contributed by atoms with Crippen molar-refractivity contribution in [3.63, 3.8) is 0 Å². The number of nitrogens with one attached hydrogen (secondary N) is 2. The second-order valence-corrected chi connectivity index (χ2v) is 9.25. The molecule has 2 heterocycles. The Bertz CT molecular complexity index is 1110. The average molecular weight is 494 g/mol. The minimum absolute atomic E-state index is 0.0463. The normalized spacial score (nSPS) is 19.3. The highest BCUT2D eigenvalue weighted by Crippen LogP contribution is 2.28. The third-order valence-corrected chi connectivity index (χ3v) is 6.57. The van der Waals surface area contributed by atoms with Gasteiger partial charge in [-0.15, -0.1) is 0 Å². The van der Waals surface area contributed by atoms with E-state index in [-0.39, 0.29) is 37.5 Å². The van der Waals surface area contributed by atoms with Gasteiger partial charge in [0.25, 0.3) is 5.91 Å². The highest BCUT2D eigenvalue weighted by Gasteiger charge is 2.39. The molecule has 1 unspecified atom stereocenters. The summed E-state index contributed by atoms with van der Waals surface area (Å²) in [5, 5.41) is 13.7. The molecule has 1 saturated carbocycles. The molecule has 9 nitrogen and oxygen atoms in total. The van der Waals surface area contributed by atoms with Crippen LogP contribution in [0.5, 0.6) is 0 Å². The Kier molecular flexibility index (Phi) is 8.32. The summed E-state index contributed by atoms with van der Waals surface area (Å²) in [6.45, 7) is 0.718. The quantitative estimate of drug-likeness (QED) is 0.550. The lowest BCUT2D eigenvalue weighted by Crippen LogP contribution is -2.52. The zero-order valence-electron chi connectivity index (χ0n) is 20.1. The summed E-state index contributed by atoms with van der Waals surface area (Å²) in [5.74, 6) is -0.989. The number of piperidine rings is 1. The fourth-order valence-electron chi connectivity index (χ4n) is 4.56. The highest BCUT2D eigenvalue weighted by atomic mass is 16.5. The molecular formula is C27H31N3O6. The van der Waals surface area contributed by atoms with Crippen LogP contribution in [-0.2, 0) is 34.0 Å². The number of carbonyl (C=O) groups is 4. The molecule has 2 aromatic rings. The molecule has 0 radical (unpaired) electrons. The van der Waals surface area contributed by atoms with Crippen LogP contribution in [0.25, 0.3) is 0 Å². The van der Waals surface area contributed by atoms with Crippen molar-refractivity contribution in [2.45, 2.75) is 70.4 Å². The van der Waals surface area contributed by atoms with Gasteiger partial charge in [0.2, 0.25) is 11.8 Å². The van der Waals surface area contributed by atoms with Crippen molar-refractivity contribution < 1.29 is 29.0 Å². The first-order valence-electron chi connectivity index (χ1n) is 12.3. The second kappa shape index (κ2) is 11.8. The number of ether oxygens (including phenoxy) is 1. The predicted molar refractivity (Wildman–Crippen MR) is 130 cm³/mol. The van der Waals surface area contributed by atoms with Gasteiger partial charge < -0.3 is 20.1 Å². The van der Waals surface area contributed by atoms with Crippen molar-refractivity contribution in [3.05, 3.63) is 70.8 Å². The van der Waals surface area contributed by atoms with E-state index in [1.54, 1.807) is 6.07 Å². The van der Waals surface area contributed by atoms with Gasteiger partial charge in [-0.1, -0.05) is 55.3 Å². The zero-order chi connectivity index (χ0) is 25.5. The molecule has 4 amide bonds. The molecule has 3 N–H and O–H groups in total. The first-order valence-corrected chi connectivity index (χ1v) is 12.3.